The molecule has 2 aromatic heterocycles. The van der Waals surface area contributed by atoms with Crippen molar-refractivity contribution in [3.63, 3.8) is 0 Å². The highest BCUT2D eigenvalue weighted by molar-refractivity contribution is 7.20. The van der Waals surface area contributed by atoms with Crippen molar-refractivity contribution in [1.82, 2.24) is 20.4 Å². The number of aryl methyl sites for hydroxylation is 1. The molecule has 2 N–H and O–H groups in total. The lowest BCUT2D eigenvalue weighted by atomic mass is 10.00. The molecule has 28 heavy (non-hydrogen) atoms. The number of aromatic nitrogens is 2. The first kappa shape index (κ1) is 19.4. The van der Waals surface area contributed by atoms with Gasteiger partial charge in [-0.25, -0.2) is 0 Å². The maximum absolute atomic E-state index is 12.8. The van der Waals surface area contributed by atoms with Gasteiger partial charge in [0.1, 0.15) is 4.83 Å². The molecule has 5 rings (SSSR count). The second-order valence-electron chi connectivity index (χ2n) is 7.84. The second kappa shape index (κ2) is 7.85. The number of amides is 1. The molecule has 1 amide bonds. The van der Waals surface area contributed by atoms with Crippen molar-refractivity contribution in [2.75, 3.05) is 0 Å². The number of halogens is 1. The summed E-state index contributed by atoms with van der Waals surface area (Å²) in [5.74, 6) is 0.0631. The van der Waals surface area contributed by atoms with Crippen molar-refractivity contribution in [2.45, 2.75) is 57.3 Å². The number of thiophene rings is 1. The van der Waals surface area contributed by atoms with Crippen molar-refractivity contribution in [1.29, 1.82) is 0 Å². The van der Waals surface area contributed by atoms with Crippen LogP contribution in [0.3, 0.4) is 0 Å². The maximum Gasteiger partial charge on any atom is 0.261 e. The zero-order valence-electron chi connectivity index (χ0n) is 15.9. The zero-order valence-corrected chi connectivity index (χ0v) is 17.5. The summed E-state index contributed by atoms with van der Waals surface area (Å²) in [5.41, 5.74) is 2.20. The SMILES string of the molecule is Cc1nn(Cc2ccccc2)c2sc(C(=O)NC3CC4CCC(C3)N4)cc12.Cl. The number of hydrogen-bond acceptors (Lipinski definition) is 4. The van der Waals surface area contributed by atoms with Crippen LogP contribution in [0.5, 0.6) is 0 Å². The van der Waals surface area contributed by atoms with Gasteiger partial charge in [-0.15, -0.1) is 23.7 Å². The Bertz CT molecular complexity index is 971. The van der Waals surface area contributed by atoms with Gasteiger partial charge in [-0.3, -0.25) is 9.48 Å². The molecule has 2 fully saturated rings. The largest absolute Gasteiger partial charge is 0.348 e. The number of carbonyl (C=O) groups is 1. The van der Waals surface area contributed by atoms with Gasteiger partial charge in [0, 0.05) is 23.5 Å². The van der Waals surface area contributed by atoms with Gasteiger partial charge in [-0.05, 0) is 44.2 Å². The van der Waals surface area contributed by atoms with Crippen molar-refractivity contribution >= 4 is 39.9 Å². The van der Waals surface area contributed by atoms with Crippen LogP contribution in [0.1, 0.15) is 46.6 Å². The number of rotatable bonds is 4. The minimum atomic E-state index is 0. The van der Waals surface area contributed by atoms with Crippen molar-refractivity contribution in [2.24, 2.45) is 0 Å². The van der Waals surface area contributed by atoms with E-state index in [1.54, 1.807) is 11.3 Å². The highest BCUT2D eigenvalue weighted by atomic mass is 35.5. The fourth-order valence-corrected chi connectivity index (χ4v) is 5.58. The summed E-state index contributed by atoms with van der Waals surface area (Å²) in [6, 6.07) is 13.8. The van der Waals surface area contributed by atoms with Crippen LogP contribution in [0.15, 0.2) is 36.4 Å². The lowest BCUT2D eigenvalue weighted by molar-refractivity contribution is 0.0928. The fraction of sp³-hybridized carbons (Fsp3) is 0.429. The summed E-state index contributed by atoms with van der Waals surface area (Å²) in [6.07, 6.45) is 4.59. The summed E-state index contributed by atoms with van der Waals surface area (Å²) >= 11 is 1.55. The van der Waals surface area contributed by atoms with E-state index < -0.39 is 0 Å². The smallest absolute Gasteiger partial charge is 0.261 e. The van der Waals surface area contributed by atoms with Gasteiger partial charge < -0.3 is 10.6 Å². The Kier molecular flexibility index (Phi) is 5.45. The van der Waals surface area contributed by atoms with Gasteiger partial charge in [0.15, 0.2) is 0 Å². The molecule has 2 bridgehead atoms. The first-order chi connectivity index (χ1) is 13.2. The van der Waals surface area contributed by atoms with Crippen LogP contribution < -0.4 is 10.6 Å². The van der Waals surface area contributed by atoms with Gasteiger partial charge >= 0.3 is 0 Å². The monoisotopic (exact) mass is 416 g/mol. The maximum atomic E-state index is 12.8. The molecule has 0 aliphatic carbocycles. The molecule has 4 heterocycles. The highest BCUT2D eigenvalue weighted by Crippen LogP contribution is 2.30. The van der Waals surface area contributed by atoms with E-state index in [-0.39, 0.29) is 18.3 Å². The predicted octanol–water partition coefficient (Wildman–Crippen LogP) is 3.89. The van der Waals surface area contributed by atoms with Crippen molar-refractivity contribution < 1.29 is 4.79 Å². The van der Waals surface area contributed by atoms with E-state index in [0.717, 1.165) is 40.2 Å². The molecule has 2 atom stereocenters. The summed E-state index contributed by atoms with van der Waals surface area (Å²) in [5, 5.41) is 12.7. The van der Waals surface area contributed by atoms with E-state index in [0.29, 0.717) is 18.1 Å². The number of nitrogens with one attached hydrogen (secondary N) is 2. The number of hydrogen-bond donors (Lipinski definition) is 2. The molecule has 0 saturated carbocycles. The third-order valence-corrected chi connectivity index (χ3v) is 6.96. The molecule has 2 aliphatic heterocycles. The van der Waals surface area contributed by atoms with E-state index in [1.807, 2.05) is 35.9 Å². The molecular weight excluding hydrogens is 392 g/mol. The van der Waals surface area contributed by atoms with Gasteiger partial charge in [0.2, 0.25) is 0 Å². The van der Waals surface area contributed by atoms with E-state index in [2.05, 4.69) is 27.9 Å². The molecule has 1 aromatic carbocycles. The number of benzene rings is 1. The number of carbonyl (C=O) groups excluding carboxylic acids is 1. The van der Waals surface area contributed by atoms with Crippen LogP contribution in [-0.4, -0.2) is 33.8 Å². The van der Waals surface area contributed by atoms with Gasteiger partial charge in [-0.1, -0.05) is 30.3 Å². The Balaban J connectivity index is 0.00000192. The summed E-state index contributed by atoms with van der Waals surface area (Å²) in [6.45, 7) is 2.74. The molecule has 3 aromatic rings. The number of piperidine rings is 1. The molecule has 0 radical (unpaired) electrons. The molecular formula is C21H25ClN4OS. The number of fused-ring (bicyclic) bond motifs is 3. The minimum Gasteiger partial charge on any atom is -0.348 e. The molecule has 2 aliphatic rings. The predicted molar refractivity (Wildman–Crippen MR) is 116 cm³/mol. The highest BCUT2D eigenvalue weighted by Gasteiger charge is 2.34. The summed E-state index contributed by atoms with van der Waals surface area (Å²) < 4.78 is 2.02. The van der Waals surface area contributed by atoms with Crippen LogP contribution >= 0.6 is 23.7 Å². The Morgan fingerprint density at radius 2 is 1.96 bits per heavy atom. The first-order valence-electron chi connectivity index (χ1n) is 9.73. The summed E-state index contributed by atoms with van der Waals surface area (Å²) in [4.78, 5) is 14.7. The van der Waals surface area contributed by atoms with Crippen molar-refractivity contribution in [3.05, 3.63) is 52.5 Å². The average molecular weight is 417 g/mol. The summed E-state index contributed by atoms with van der Waals surface area (Å²) in [7, 11) is 0. The normalized spacial score (nSPS) is 23.5. The quantitative estimate of drug-likeness (QED) is 0.678. The second-order valence-corrected chi connectivity index (χ2v) is 8.87. The standard InChI is InChI=1S/C21H24N4OS.ClH/c1-13-18-11-19(20(26)23-17-9-15-7-8-16(10-17)22-15)27-21(18)25(24-13)12-14-5-3-2-4-6-14;/h2-6,11,15-17,22H,7-10,12H2,1H3,(H,23,26);1H. The van der Waals surface area contributed by atoms with E-state index in [1.165, 1.54) is 18.4 Å². The zero-order chi connectivity index (χ0) is 18.4. The van der Waals surface area contributed by atoms with Gasteiger partial charge in [-0.2, -0.15) is 5.10 Å². The van der Waals surface area contributed by atoms with Crippen molar-refractivity contribution in [3.8, 4) is 0 Å². The molecule has 2 unspecified atom stereocenters. The fourth-order valence-electron chi connectivity index (χ4n) is 4.52. The van der Waals surface area contributed by atoms with Crippen LogP contribution in [0.4, 0.5) is 0 Å². The lowest BCUT2D eigenvalue weighted by Gasteiger charge is -2.29. The van der Waals surface area contributed by atoms with E-state index >= 15 is 0 Å². The van der Waals surface area contributed by atoms with Crippen LogP contribution in [-0.2, 0) is 6.54 Å². The third-order valence-electron chi connectivity index (χ3n) is 5.81. The third kappa shape index (κ3) is 3.69. The van der Waals surface area contributed by atoms with Gasteiger partial charge in [0.05, 0.1) is 17.1 Å². The van der Waals surface area contributed by atoms with Crippen LogP contribution in [0.25, 0.3) is 10.2 Å². The Morgan fingerprint density at radius 1 is 1.25 bits per heavy atom. The molecule has 2 saturated heterocycles. The van der Waals surface area contributed by atoms with E-state index in [9.17, 15) is 4.79 Å². The molecule has 5 nitrogen and oxygen atoms in total. The van der Waals surface area contributed by atoms with Crippen LogP contribution in [0.2, 0.25) is 0 Å². The average Bonchev–Trinajstić information content (AvgIpc) is 3.32. The van der Waals surface area contributed by atoms with E-state index in [4.69, 9.17) is 0 Å². The number of nitrogens with zero attached hydrogens (tertiary/aromatic N) is 2. The van der Waals surface area contributed by atoms with Crippen LogP contribution in [0, 0.1) is 6.92 Å². The van der Waals surface area contributed by atoms with Gasteiger partial charge in [0.25, 0.3) is 5.91 Å². The first-order valence-corrected chi connectivity index (χ1v) is 10.5. The minimum absolute atomic E-state index is 0. The Hall–Kier alpha value is -1.89. The molecule has 148 valence electrons. The Labute approximate surface area is 174 Å². The molecule has 0 spiro atoms. The topological polar surface area (TPSA) is 59.0 Å². The lowest BCUT2D eigenvalue weighted by Crippen LogP contribution is -2.47. The molecule has 7 heteroatoms. The Morgan fingerprint density at radius 3 is 2.68 bits per heavy atom.